The molecule has 0 unspecified atom stereocenters. The van der Waals surface area contributed by atoms with Crippen LogP contribution in [0.25, 0.3) is 12.2 Å². The first-order chi connectivity index (χ1) is 14.2. The highest BCUT2D eigenvalue weighted by Crippen LogP contribution is 2.15. The molecule has 0 spiro atoms. The van der Waals surface area contributed by atoms with Gasteiger partial charge in [0.2, 0.25) is 5.91 Å². The predicted octanol–water partition coefficient (Wildman–Crippen LogP) is 3.45. The zero-order chi connectivity index (χ0) is 20.7. The van der Waals surface area contributed by atoms with Crippen molar-refractivity contribution in [3.05, 3.63) is 59.7 Å². The predicted molar refractivity (Wildman–Crippen MR) is 117 cm³/mol. The molecule has 2 aromatic carbocycles. The van der Waals surface area contributed by atoms with E-state index in [0.29, 0.717) is 39.6 Å². The van der Waals surface area contributed by atoms with Gasteiger partial charge in [-0.05, 0) is 35.4 Å². The monoisotopic (exact) mass is 398 g/mol. The van der Waals surface area contributed by atoms with Crippen LogP contribution in [0.3, 0.4) is 0 Å². The maximum Gasteiger partial charge on any atom is 0.216 e. The molecule has 6 heteroatoms. The molecule has 0 bridgehead atoms. The Morgan fingerprint density at radius 2 is 1.38 bits per heavy atom. The van der Waals surface area contributed by atoms with E-state index in [1.165, 1.54) is 6.92 Å². The minimum atomic E-state index is -0.0504. The fraction of sp³-hybridized carbons (Fsp3) is 0.348. The van der Waals surface area contributed by atoms with E-state index in [0.717, 1.165) is 22.6 Å². The van der Waals surface area contributed by atoms with Gasteiger partial charge in [0.15, 0.2) is 0 Å². The summed E-state index contributed by atoms with van der Waals surface area (Å²) < 4.78 is 16.5. The molecule has 29 heavy (non-hydrogen) atoms. The third-order valence-electron chi connectivity index (χ3n) is 4.04. The highest BCUT2D eigenvalue weighted by molar-refractivity contribution is 5.72. The summed E-state index contributed by atoms with van der Waals surface area (Å²) in [5.41, 5.74) is 3.37. The van der Waals surface area contributed by atoms with Crippen molar-refractivity contribution >= 4 is 23.7 Å². The summed E-state index contributed by atoms with van der Waals surface area (Å²) in [7, 11) is 1.91. The largest absolute Gasteiger partial charge is 0.491 e. The van der Waals surface area contributed by atoms with Crippen LogP contribution in [-0.2, 0) is 14.3 Å². The Bertz CT molecular complexity index is 742. The lowest BCUT2D eigenvalue weighted by Gasteiger charge is -2.08. The molecule has 2 rings (SSSR count). The molecular formula is C23H30N2O4. The first-order valence-corrected chi connectivity index (χ1v) is 9.76. The normalized spacial score (nSPS) is 10.8. The van der Waals surface area contributed by atoms with Crippen molar-refractivity contribution in [1.82, 2.24) is 5.32 Å². The van der Waals surface area contributed by atoms with Crippen molar-refractivity contribution in [2.45, 2.75) is 6.92 Å². The molecular weight excluding hydrogens is 368 g/mol. The van der Waals surface area contributed by atoms with Gasteiger partial charge in [-0.25, -0.2) is 0 Å². The highest BCUT2D eigenvalue weighted by Gasteiger charge is 1.96. The van der Waals surface area contributed by atoms with Gasteiger partial charge in [-0.2, -0.15) is 0 Å². The average Bonchev–Trinajstić information content (AvgIpc) is 2.74. The zero-order valence-electron chi connectivity index (χ0n) is 17.1. The van der Waals surface area contributed by atoms with E-state index < -0.39 is 0 Å². The van der Waals surface area contributed by atoms with Gasteiger partial charge in [0, 0.05) is 26.2 Å². The SMILES string of the molecule is CNc1ccc(C=Cc2ccc(OCCOCCOCCNC(C)=O)cc2)cc1. The number of anilines is 1. The molecule has 0 saturated heterocycles. The van der Waals surface area contributed by atoms with Gasteiger partial charge in [0.1, 0.15) is 12.4 Å². The number of carbonyl (C=O) groups is 1. The maximum absolute atomic E-state index is 10.7. The topological polar surface area (TPSA) is 68.8 Å². The van der Waals surface area contributed by atoms with E-state index in [4.69, 9.17) is 14.2 Å². The summed E-state index contributed by atoms with van der Waals surface area (Å²) in [5, 5.41) is 5.78. The Morgan fingerprint density at radius 3 is 1.97 bits per heavy atom. The molecule has 0 saturated carbocycles. The van der Waals surface area contributed by atoms with Crippen molar-refractivity contribution in [2.75, 3.05) is 51.9 Å². The summed E-state index contributed by atoms with van der Waals surface area (Å²) >= 11 is 0. The van der Waals surface area contributed by atoms with Crippen LogP contribution in [0, 0.1) is 0 Å². The number of nitrogens with one attached hydrogen (secondary N) is 2. The first kappa shape index (κ1) is 22.5. The van der Waals surface area contributed by atoms with Gasteiger partial charge < -0.3 is 24.8 Å². The van der Waals surface area contributed by atoms with Gasteiger partial charge in [0.25, 0.3) is 0 Å². The zero-order valence-corrected chi connectivity index (χ0v) is 17.1. The van der Waals surface area contributed by atoms with E-state index in [9.17, 15) is 4.79 Å². The lowest BCUT2D eigenvalue weighted by molar-refractivity contribution is -0.119. The standard InChI is InChI=1S/C23H30N2O4/c1-19(26)25-13-14-27-15-16-28-17-18-29-23-11-7-21(8-12-23)4-3-20-5-9-22(24-2)10-6-20/h3-12,24H,13-18H2,1-2H3,(H,25,26). The van der Waals surface area contributed by atoms with Crippen molar-refractivity contribution in [1.29, 1.82) is 0 Å². The Kier molecular flexibility index (Phi) is 10.3. The maximum atomic E-state index is 10.7. The van der Waals surface area contributed by atoms with Crippen molar-refractivity contribution in [3.8, 4) is 5.75 Å². The number of carbonyl (C=O) groups excluding carboxylic acids is 1. The summed E-state index contributed by atoms with van der Waals surface area (Å²) in [6, 6.07) is 16.2. The second kappa shape index (κ2) is 13.4. The van der Waals surface area contributed by atoms with Crippen LogP contribution in [0.5, 0.6) is 5.75 Å². The fourth-order valence-corrected chi connectivity index (χ4v) is 2.47. The summed E-state index contributed by atoms with van der Waals surface area (Å²) in [5.74, 6) is 0.765. The Balaban J connectivity index is 1.58. The molecule has 0 aliphatic heterocycles. The van der Waals surface area contributed by atoms with Gasteiger partial charge in [-0.3, -0.25) is 4.79 Å². The Hall–Kier alpha value is -2.83. The van der Waals surface area contributed by atoms with E-state index in [1.54, 1.807) is 0 Å². The molecule has 1 amide bonds. The van der Waals surface area contributed by atoms with Crippen molar-refractivity contribution in [3.63, 3.8) is 0 Å². The minimum Gasteiger partial charge on any atom is -0.491 e. The second-order valence-electron chi connectivity index (χ2n) is 6.33. The molecule has 0 aliphatic carbocycles. The second-order valence-corrected chi connectivity index (χ2v) is 6.33. The molecule has 2 N–H and O–H groups in total. The van der Waals surface area contributed by atoms with E-state index >= 15 is 0 Å². The van der Waals surface area contributed by atoms with Gasteiger partial charge in [0.05, 0.1) is 26.4 Å². The van der Waals surface area contributed by atoms with Crippen LogP contribution >= 0.6 is 0 Å². The third kappa shape index (κ3) is 9.78. The molecule has 156 valence electrons. The fourth-order valence-electron chi connectivity index (χ4n) is 2.47. The lowest BCUT2D eigenvalue weighted by Crippen LogP contribution is -2.25. The van der Waals surface area contributed by atoms with Crippen molar-refractivity contribution < 1.29 is 19.0 Å². The van der Waals surface area contributed by atoms with Crippen LogP contribution in [0.2, 0.25) is 0 Å². The Morgan fingerprint density at radius 1 is 0.828 bits per heavy atom. The summed E-state index contributed by atoms with van der Waals surface area (Å²) in [6.45, 7) is 4.48. The number of hydrogen-bond acceptors (Lipinski definition) is 5. The van der Waals surface area contributed by atoms with Crippen LogP contribution < -0.4 is 15.4 Å². The average molecular weight is 399 g/mol. The molecule has 0 atom stereocenters. The van der Waals surface area contributed by atoms with E-state index in [2.05, 4.69) is 47.1 Å². The van der Waals surface area contributed by atoms with Crippen molar-refractivity contribution in [2.24, 2.45) is 0 Å². The number of amides is 1. The van der Waals surface area contributed by atoms with Crippen LogP contribution in [0.4, 0.5) is 5.69 Å². The number of ether oxygens (including phenoxy) is 3. The molecule has 6 nitrogen and oxygen atoms in total. The lowest BCUT2D eigenvalue weighted by atomic mass is 10.1. The molecule has 0 heterocycles. The summed E-state index contributed by atoms with van der Waals surface area (Å²) in [4.78, 5) is 10.7. The highest BCUT2D eigenvalue weighted by atomic mass is 16.5. The van der Waals surface area contributed by atoms with Crippen LogP contribution in [-0.4, -0.2) is 52.5 Å². The van der Waals surface area contributed by atoms with Crippen LogP contribution in [0.15, 0.2) is 48.5 Å². The van der Waals surface area contributed by atoms with Gasteiger partial charge >= 0.3 is 0 Å². The third-order valence-corrected chi connectivity index (χ3v) is 4.04. The molecule has 0 aliphatic rings. The van der Waals surface area contributed by atoms with Gasteiger partial charge in [-0.15, -0.1) is 0 Å². The smallest absolute Gasteiger partial charge is 0.216 e. The van der Waals surface area contributed by atoms with E-state index in [-0.39, 0.29) is 5.91 Å². The molecule has 2 aromatic rings. The van der Waals surface area contributed by atoms with E-state index in [1.807, 2.05) is 31.3 Å². The van der Waals surface area contributed by atoms with Gasteiger partial charge in [-0.1, -0.05) is 36.4 Å². The quantitative estimate of drug-likeness (QED) is 0.400. The molecule has 0 radical (unpaired) electrons. The van der Waals surface area contributed by atoms with Crippen LogP contribution in [0.1, 0.15) is 18.1 Å². The molecule has 0 aromatic heterocycles. The number of rotatable bonds is 13. The minimum absolute atomic E-state index is 0.0504. The Labute approximate surface area is 172 Å². The first-order valence-electron chi connectivity index (χ1n) is 9.76. The molecule has 0 fully saturated rings. The summed E-state index contributed by atoms with van der Waals surface area (Å²) in [6.07, 6.45) is 4.16. The number of hydrogen-bond donors (Lipinski definition) is 2. The number of benzene rings is 2.